The zero-order valence-electron chi connectivity index (χ0n) is 14.1. The molecule has 4 heteroatoms. The molecule has 1 aromatic rings. The predicted molar refractivity (Wildman–Crippen MR) is 90.8 cm³/mol. The third-order valence-corrected chi connectivity index (χ3v) is 5.13. The average molecular weight is 319 g/mol. The summed E-state index contributed by atoms with van der Waals surface area (Å²) in [5.74, 6) is 0.797. The van der Waals surface area contributed by atoms with Crippen molar-refractivity contribution in [1.29, 1.82) is 0 Å². The molecule has 1 aromatic carbocycles. The number of likely N-dealkylation sites (tertiary alicyclic amines) is 1. The number of rotatable bonds is 6. The van der Waals surface area contributed by atoms with Crippen molar-refractivity contribution in [1.82, 2.24) is 4.90 Å². The second-order valence-corrected chi connectivity index (χ2v) is 6.83. The molecule has 0 aromatic heterocycles. The number of aliphatic hydroxyl groups is 1. The number of methoxy groups -OCH3 is 1. The van der Waals surface area contributed by atoms with E-state index < -0.39 is 6.10 Å². The van der Waals surface area contributed by atoms with E-state index in [1.165, 1.54) is 25.7 Å². The van der Waals surface area contributed by atoms with E-state index in [9.17, 15) is 5.11 Å². The number of ether oxygens (including phenoxy) is 2. The minimum atomic E-state index is -0.461. The number of benzene rings is 1. The fourth-order valence-corrected chi connectivity index (χ4v) is 3.72. The summed E-state index contributed by atoms with van der Waals surface area (Å²) in [6.07, 6.45) is 7.79. The highest BCUT2D eigenvalue weighted by Gasteiger charge is 2.25. The van der Waals surface area contributed by atoms with Crippen LogP contribution in [0.4, 0.5) is 0 Å². The standard InChI is InChI=1S/C19H29NO3/c1-22-18-8-4-5-15(13-18)19(21)14-20-11-9-17(10-12-20)23-16-6-2-3-7-16/h4-5,8,13,16-17,19,21H,2-3,6-7,9-12,14H2,1H3/t19-/m1/s1. The highest BCUT2D eigenvalue weighted by Crippen LogP contribution is 2.26. The Morgan fingerprint density at radius 1 is 1.13 bits per heavy atom. The van der Waals surface area contributed by atoms with E-state index in [0.29, 0.717) is 18.8 Å². The summed E-state index contributed by atoms with van der Waals surface area (Å²) in [6, 6.07) is 7.71. The molecule has 1 aliphatic carbocycles. The topological polar surface area (TPSA) is 41.9 Å². The Kier molecular flexibility index (Phi) is 5.92. The van der Waals surface area contributed by atoms with E-state index >= 15 is 0 Å². The monoisotopic (exact) mass is 319 g/mol. The Labute approximate surface area is 139 Å². The van der Waals surface area contributed by atoms with Crippen LogP contribution in [-0.4, -0.2) is 49.0 Å². The maximum atomic E-state index is 10.5. The lowest BCUT2D eigenvalue weighted by Crippen LogP contribution is -2.40. The number of hydrogen-bond acceptors (Lipinski definition) is 4. The van der Waals surface area contributed by atoms with Gasteiger partial charge in [-0.05, 0) is 43.4 Å². The fraction of sp³-hybridized carbons (Fsp3) is 0.684. The SMILES string of the molecule is COc1cccc([C@H](O)CN2CCC(OC3CCCC3)CC2)c1. The molecule has 1 atom stereocenters. The smallest absolute Gasteiger partial charge is 0.119 e. The van der Waals surface area contributed by atoms with Crippen molar-refractivity contribution in [3.63, 3.8) is 0 Å². The first-order valence-corrected chi connectivity index (χ1v) is 8.94. The van der Waals surface area contributed by atoms with Gasteiger partial charge in [-0.1, -0.05) is 25.0 Å². The van der Waals surface area contributed by atoms with Crippen molar-refractivity contribution in [2.75, 3.05) is 26.7 Å². The van der Waals surface area contributed by atoms with Gasteiger partial charge in [-0.2, -0.15) is 0 Å². The van der Waals surface area contributed by atoms with E-state index in [1.54, 1.807) is 7.11 Å². The second-order valence-electron chi connectivity index (χ2n) is 6.83. The van der Waals surface area contributed by atoms with Crippen molar-refractivity contribution in [2.24, 2.45) is 0 Å². The molecule has 2 aliphatic rings. The molecule has 1 heterocycles. The first-order valence-electron chi connectivity index (χ1n) is 8.94. The van der Waals surface area contributed by atoms with Crippen LogP contribution in [0.2, 0.25) is 0 Å². The van der Waals surface area contributed by atoms with Gasteiger partial charge in [0, 0.05) is 19.6 Å². The first-order chi connectivity index (χ1) is 11.2. The molecule has 0 bridgehead atoms. The molecule has 3 rings (SSSR count). The Morgan fingerprint density at radius 3 is 2.52 bits per heavy atom. The Balaban J connectivity index is 1.44. The van der Waals surface area contributed by atoms with Crippen molar-refractivity contribution in [3.8, 4) is 5.75 Å². The van der Waals surface area contributed by atoms with E-state index in [1.807, 2.05) is 24.3 Å². The molecule has 128 valence electrons. The van der Waals surface area contributed by atoms with Crippen LogP contribution in [0.5, 0.6) is 5.75 Å². The maximum absolute atomic E-state index is 10.5. The van der Waals surface area contributed by atoms with Crippen LogP contribution in [0.1, 0.15) is 50.2 Å². The molecular weight excluding hydrogens is 290 g/mol. The fourth-order valence-electron chi connectivity index (χ4n) is 3.72. The van der Waals surface area contributed by atoms with Crippen LogP contribution >= 0.6 is 0 Å². The van der Waals surface area contributed by atoms with Crippen LogP contribution in [0, 0.1) is 0 Å². The van der Waals surface area contributed by atoms with Crippen LogP contribution in [0.3, 0.4) is 0 Å². The number of nitrogens with zero attached hydrogens (tertiary/aromatic N) is 1. The highest BCUT2D eigenvalue weighted by atomic mass is 16.5. The Morgan fingerprint density at radius 2 is 1.83 bits per heavy atom. The lowest BCUT2D eigenvalue weighted by atomic mass is 10.0. The molecule has 0 spiro atoms. The summed E-state index contributed by atoms with van der Waals surface area (Å²) < 4.78 is 11.4. The third kappa shape index (κ3) is 4.69. The van der Waals surface area contributed by atoms with E-state index in [2.05, 4.69) is 4.90 Å². The first kappa shape index (κ1) is 16.7. The Hall–Kier alpha value is -1.10. The summed E-state index contributed by atoms with van der Waals surface area (Å²) in [6.45, 7) is 2.71. The molecule has 1 saturated heterocycles. The Bertz CT molecular complexity index is 479. The van der Waals surface area contributed by atoms with E-state index in [4.69, 9.17) is 9.47 Å². The van der Waals surface area contributed by atoms with Crippen LogP contribution in [0.15, 0.2) is 24.3 Å². The molecule has 0 amide bonds. The summed E-state index contributed by atoms with van der Waals surface area (Å²) in [5, 5.41) is 10.5. The summed E-state index contributed by atoms with van der Waals surface area (Å²) in [7, 11) is 1.65. The molecule has 1 saturated carbocycles. The van der Waals surface area contributed by atoms with E-state index in [-0.39, 0.29) is 0 Å². The average Bonchev–Trinajstić information content (AvgIpc) is 3.09. The second kappa shape index (κ2) is 8.13. The molecular formula is C19H29NO3. The van der Waals surface area contributed by atoms with Gasteiger partial charge in [-0.15, -0.1) is 0 Å². The normalized spacial score (nSPS) is 22.3. The van der Waals surface area contributed by atoms with Gasteiger partial charge in [0.25, 0.3) is 0 Å². The van der Waals surface area contributed by atoms with Crippen molar-refractivity contribution >= 4 is 0 Å². The zero-order valence-corrected chi connectivity index (χ0v) is 14.1. The zero-order chi connectivity index (χ0) is 16.1. The molecule has 4 nitrogen and oxygen atoms in total. The summed E-state index contributed by atoms with van der Waals surface area (Å²) >= 11 is 0. The predicted octanol–water partition coefficient (Wildman–Crippen LogP) is 3.15. The van der Waals surface area contributed by atoms with E-state index in [0.717, 1.165) is 37.2 Å². The molecule has 23 heavy (non-hydrogen) atoms. The van der Waals surface area contributed by atoms with Gasteiger partial charge in [0.15, 0.2) is 0 Å². The molecule has 1 N–H and O–H groups in total. The lowest BCUT2D eigenvalue weighted by molar-refractivity contribution is -0.0435. The van der Waals surface area contributed by atoms with Gasteiger partial charge >= 0.3 is 0 Å². The van der Waals surface area contributed by atoms with Gasteiger partial charge in [0.2, 0.25) is 0 Å². The molecule has 1 aliphatic heterocycles. The van der Waals surface area contributed by atoms with Gasteiger partial charge in [-0.3, -0.25) is 0 Å². The number of piperidine rings is 1. The quantitative estimate of drug-likeness (QED) is 0.874. The largest absolute Gasteiger partial charge is 0.497 e. The van der Waals surface area contributed by atoms with Crippen LogP contribution in [0.25, 0.3) is 0 Å². The highest BCUT2D eigenvalue weighted by molar-refractivity contribution is 5.29. The summed E-state index contributed by atoms with van der Waals surface area (Å²) in [4.78, 5) is 2.35. The van der Waals surface area contributed by atoms with Gasteiger partial charge in [0.1, 0.15) is 5.75 Å². The van der Waals surface area contributed by atoms with Gasteiger partial charge < -0.3 is 19.5 Å². The number of hydrogen-bond donors (Lipinski definition) is 1. The maximum Gasteiger partial charge on any atom is 0.119 e. The van der Waals surface area contributed by atoms with Crippen molar-refractivity contribution in [3.05, 3.63) is 29.8 Å². The number of aliphatic hydroxyl groups excluding tert-OH is 1. The minimum Gasteiger partial charge on any atom is -0.497 e. The number of β-amino-alcohol motifs (C(OH)–C–C–N with tert-alkyl or cyclic N) is 1. The van der Waals surface area contributed by atoms with Gasteiger partial charge in [0.05, 0.1) is 25.4 Å². The lowest BCUT2D eigenvalue weighted by Gasteiger charge is -2.34. The molecule has 2 fully saturated rings. The molecule has 0 unspecified atom stereocenters. The minimum absolute atomic E-state index is 0.420. The van der Waals surface area contributed by atoms with Gasteiger partial charge in [-0.25, -0.2) is 0 Å². The van der Waals surface area contributed by atoms with Crippen molar-refractivity contribution < 1.29 is 14.6 Å². The van der Waals surface area contributed by atoms with Crippen LogP contribution in [-0.2, 0) is 4.74 Å². The van der Waals surface area contributed by atoms with Crippen LogP contribution < -0.4 is 4.74 Å². The van der Waals surface area contributed by atoms with Crippen molar-refractivity contribution in [2.45, 2.75) is 56.8 Å². The summed E-state index contributed by atoms with van der Waals surface area (Å²) in [5.41, 5.74) is 0.925. The third-order valence-electron chi connectivity index (χ3n) is 5.13. The molecule has 0 radical (unpaired) electrons.